The van der Waals surface area contributed by atoms with Gasteiger partial charge in [-0.15, -0.1) is 0 Å². The SMILES string of the molecule is CC(C)(C)C(=O)c1cc2nc(C(O)c3ccncc3)cnc2[nH]1. The van der Waals surface area contributed by atoms with E-state index in [-0.39, 0.29) is 5.78 Å². The minimum Gasteiger partial charge on any atom is -0.382 e. The van der Waals surface area contributed by atoms with Crippen LogP contribution >= 0.6 is 0 Å². The number of hydrogen-bond acceptors (Lipinski definition) is 5. The van der Waals surface area contributed by atoms with Gasteiger partial charge in [0.2, 0.25) is 0 Å². The molecule has 0 saturated heterocycles. The number of carbonyl (C=O) groups is 1. The smallest absolute Gasteiger partial charge is 0.184 e. The van der Waals surface area contributed by atoms with E-state index in [1.54, 1.807) is 30.6 Å². The standard InChI is InChI=1S/C17H18N4O2/c1-17(2,3)15(23)11-8-12-16(21-11)19-9-13(20-12)14(22)10-4-6-18-7-5-10/h4-9,14,22H,1-3H3,(H,19,21). The monoisotopic (exact) mass is 310 g/mol. The van der Waals surface area contributed by atoms with Crippen molar-refractivity contribution in [2.45, 2.75) is 26.9 Å². The molecule has 3 aromatic heterocycles. The maximum Gasteiger partial charge on any atom is 0.184 e. The molecule has 0 aromatic carbocycles. The van der Waals surface area contributed by atoms with E-state index in [9.17, 15) is 9.90 Å². The van der Waals surface area contributed by atoms with Gasteiger partial charge in [0.05, 0.1) is 17.6 Å². The second-order valence-corrected chi connectivity index (χ2v) is 6.47. The van der Waals surface area contributed by atoms with Crippen LogP contribution in [0.4, 0.5) is 0 Å². The van der Waals surface area contributed by atoms with Crippen molar-refractivity contribution in [2.24, 2.45) is 5.41 Å². The zero-order valence-electron chi connectivity index (χ0n) is 13.2. The highest BCUT2D eigenvalue weighted by atomic mass is 16.3. The Morgan fingerprint density at radius 3 is 2.61 bits per heavy atom. The minimum absolute atomic E-state index is 0.00599. The normalized spacial score (nSPS) is 13.2. The Morgan fingerprint density at radius 1 is 1.26 bits per heavy atom. The Kier molecular flexibility index (Phi) is 3.69. The number of Topliss-reactive ketones (excluding diaryl/α,β-unsaturated/α-hetero) is 1. The molecule has 3 aromatic rings. The number of aliphatic hydroxyl groups is 1. The third-order valence-electron chi connectivity index (χ3n) is 3.58. The number of aromatic amines is 1. The lowest BCUT2D eigenvalue weighted by Crippen LogP contribution is -2.20. The molecule has 1 unspecified atom stereocenters. The van der Waals surface area contributed by atoms with E-state index < -0.39 is 11.5 Å². The van der Waals surface area contributed by atoms with Crippen LogP contribution in [0.25, 0.3) is 11.2 Å². The Labute approximate surface area is 133 Å². The summed E-state index contributed by atoms with van der Waals surface area (Å²) in [5.41, 5.74) is 2.20. The van der Waals surface area contributed by atoms with E-state index in [0.29, 0.717) is 28.1 Å². The highest BCUT2D eigenvalue weighted by Crippen LogP contribution is 2.24. The summed E-state index contributed by atoms with van der Waals surface area (Å²) in [5, 5.41) is 10.4. The van der Waals surface area contributed by atoms with Gasteiger partial charge in [0, 0.05) is 17.8 Å². The van der Waals surface area contributed by atoms with E-state index in [1.807, 2.05) is 20.8 Å². The van der Waals surface area contributed by atoms with E-state index in [1.165, 1.54) is 6.20 Å². The van der Waals surface area contributed by atoms with E-state index in [2.05, 4.69) is 19.9 Å². The second kappa shape index (κ2) is 5.55. The average Bonchev–Trinajstić information content (AvgIpc) is 2.96. The number of pyridine rings is 1. The van der Waals surface area contributed by atoms with Crippen molar-refractivity contribution in [3.63, 3.8) is 0 Å². The molecule has 0 bridgehead atoms. The van der Waals surface area contributed by atoms with Crippen molar-refractivity contribution in [3.8, 4) is 0 Å². The van der Waals surface area contributed by atoms with Gasteiger partial charge < -0.3 is 10.1 Å². The average molecular weight is 310 g/mol. The molecule has 0 saturated carbocycles. The van der Waals surface area contributed by atoms with Crippen LogP contribution in [-0.2, 0) is 0 Å². The van der Waals surface area contributed by atoms with E-state index in [0.717, 1.165) is 0 Å². The largest absolute Gasteiger partial charge is 0.382 e. The summed E-state index contributed by atoms with van der Waals surface area (Å²) in [5.74, 6) is -0.00599. The predicted molar refractivity (Wildman–Crippen MR) is 86.0 cm³/mol. The number of fused-ring (bicyclic) bond motifs is 1. The first-order chi connectivity index (χ1) is 10.9. The Morgan fingerprint density at radius 2 is 1.96 bits per heavy atom. The summed E-state index contributed by atoms with van der Waals surface area (Å²) in [7, 11) is 0. The first-order valence-corrected chi connectivity index (χ1v) is 7.35. The lowest BCUT2D eigenvalue weighted by molar-refractivity contribution is 0.0854. The molecule has 0 spiro atoms. The lowest BCUT2D eigenvalue weighted by Gasteiger charge is -2.14. The molecule has 0 aliphatic rings. The summed E-state index contributed by atoms with van der Waals surface area (Å²) < 4.78 is 0. The number of nitrogens with zero attached hydrogens (tertiary/aromatic N) is 3. The van der Waals surface area contributed by atoms with Gasteiger partial charge in [-0.05, 0) is 23.8 Å². The summed E-state index contributed by atoms with van der Waals surface area (Å²) in [6, 6.07) is 5.13. The highest BCUT2D eigenvalue weighted by Gasteiger charge is 2.25. The van der Waals surface area contributed by atoms with Crippen LogP contribution < -0.4 is 0 Å². The first kappa shape index (κ1) is 15.3. The number of nitrogens with one attached hydrogen (secondary N) is 1. The van der Waals surface area contributed by atoms with Gasteiger partial charge in [-0.1, -0.05) is 20.8 Å². The van der Waals surface area contributed by atoms with E-state index in [4.69, 9.17) is 0 Å². The number of rotatable bonds is 3. The fraction of sp³-hybridized carbons (Fsp3) is 0.294. The van der Waals surface area contributed by atoms with Crippen molar-refractivity contribution in [3.05, 3.63) is 53.7 Å². The summed E-state index contributed by atoms with van der Waals surface area (Å²) in [4.78, 5) is 27.9. The zero-order valence-corrected chi connectivity index (χ0v) is 13.2. The number of aliphatic hydroxyl groups excluding tert-OH is 1. The highest BCUT2D eigenvalue weighted by molar-refractivity contribution is 6.01. The van der Waals surface area contributed by atoms with Gasteiger partial charge in [-0.3, -0.25) is 9.78 Å². The number of ketones is 1. The van der Waals surface area contributed by atoms with Crippen molar-refractivity contribution in [2.75, 3.05) is 0 Å². The second-order valence-electron chi connectivity index (χ2n) is 6.47. The molecule has 0 aliphatic carbocycles. The van der Waals surface area contributed by atoms with Gasteiger partial charge in [0.25, 0.3) is 0 Å². The van der Waals surface area contributed by atoms with Gasteiger partial charge in [0.1, 0.15) is 11.6 Å². The fourth-order valence-corrected chi connectivity index (χ4v) is 2.29. The van der Waals surface area contributed by atoms with Crippen molar-refractivity contribution < 1.29 is 9.90 Å². The van der Waals surface area contributed by atoms with Gasteiger partial charge in [0.15, 0.2) is 11.4 Å². The topological polar surface area (TPSA) is 91.8 Å². The molecule has 0 aliphatic heterocycles. The number of carbonyl (C=O) groups excluding carboxylic acids is 1. The summed E-state index contributed by atoms with van der Waals surface area (Å²) in [6.45, 7) is 5.58. The first-order valence-electron chi connectivity index (χ1n) is 7.35. The maximum atomic E-state index is 12.3. The molecule has 6 heteroatoms. The quantitative estimate of drug-likeness (QED) is 0.726. The molecule has 0 amide bonds. The van der Waals surface area contributed by atoms with Crippen molar-refractivity contribution in [1.29, 1.82) is 0 Å². The molecule has 0 fully saturated rings. The fourth-order valence-electron chi connectivity index (χ4n) is 2.29. The lowest BCUT2D eigenvalue weighted by atomic mass is 9.89. The van der Waals surface area contributed by atoms with Crippen LogP contribution in [0.15, 0.2) is 36.8 Å². The van der Waals surface area contributed by atoms with Crippen LogP contribution in [0, 0.1) is 5.41 Å². The molecular weight excluding hydrogens is 292 g/mol. The number of hydrogen-bond donors (Lipinski definition) is 2. The molecule has 118 valence electrons. The number of H-pyrrole nitrogens is 1. The molecule has 0 radical (unpaired) electrons. The molecule has 2 N–H and O–H groups in total. The van der Waals surface area contributed by atoms with Gasteiger partial charge >= 0.3 is 0 Å². The molecular formula is C17H18N4O2. The molecule has 3 rings (SSSR count). The zero-order chi connectivity index (χ0) is 16.6. The van der Waals surface area contributed by atoms with Gasteiger partial charge in [-0.25, -0.2) is 9.97 Å². The predicted octanol–water partition coefficient (Wildman–Crippen LogP) is 2.66. The Hall–Kier alpha value is -2.60. The molecule has 1 atom stereocenters. The Bertz CT molecular complexity index is 850. The van der Waals surface area contributed by atoms with Gasteiger partial charge in [-0.2, -0.15) is 0 Å². The summed E-state index contributed by atoms with van der Waals surface area (Å²) >= 11 is 0. The van der Waals surface area contributed by atoms with Crippen molar-refractivity contribution >= 4 is 16.9 Å². The van der Waals surface area contributed by atoms with Crippen LogP contribution in [0.5, 0.6) is 0 Å². The van der Waals surface area contributed by atoms with Crippen LogP contribution in [0.3, 0.4) is 0 Å². The molecule has 6 nitrogen and oxygen atoms in total. The van der Waals surface area contributed by atoms with Crippen LogP contribution in [0.1, 0.15) is 48.6 Å². The van der Waals surface area contributed by atoms with E-state index >= 15 is 0 Å². The maximum absolute atomic E-state index is 12.3. The van der Waals surface area contributed by atoms with Crippen LogP contribution in [0.2, 0.25) is 0 Å². The van der Waals surface area contributed by atoms with Crippen molar-refractivity contribution in [1.82, 2.24) is 19.9 Å². The molecule has 23 heavy (non-hydrogen) atoms. The summed E-state index contributed by atoms with van der Waals surface area (Å²) in [6.07, 6.45) is 3.85. The third kappa shape index (κ3) is 2.98. The Balaban J connectivity index is 1.98. The van der Waals surface area contributed by atoms with Crippen LogP contribution in [-0.4, -0.2) is 30.8 Å². The number of aromatic nitrogens is 4. The third-order valence-corrected chi connectivity index (χ3v) is 3.58. The molecule has 3 heterocycles. The minimum atomic E-state index is -0.883.